The summed E-state index contributed by atoms with van der Waals surface area (Å²) in [5.41, 5.74) is 0.463. The van der Waals surface area contributed by atoms with Gasteiger partial charge < -0.3 is 12.8 Å². The van der Waals surface area contributed by atoms with Gasteiger partial charge in [-0.05, 0) is 4.75 Å². The maximum atomic E-state index is 4.75. The van der Waals surface area contributed by atoms with Crippen LogP contribution in [0.15, 0.2) is 0 Å². The molecule has 1 radical (unpaired) electrons. The Balaban J connectivity index is 0.00000196. The molecule has 0 aromatic carbocycles. The Kier molecular flexibility index (Phi) is 6.44. The standard InChI is InChI=1S/C13H24S.Y/c1-6-7-13(5,14)9-11-10(2)8-12(11,3)4;/h10,14H,1,6-9H2,2-5H3;/q-2;. The second kappa shape index (κ2) is 5.87. The first kappa shape index (κ1) is 16.5. The van der Waals surface area contributed by atoms with E-state index in [0.29, 0.717) is 5.41 Å². The van der Waals surface area contributed by atoms with Crippen molar-refractivity contribution >= 4 is 12.6 Å². The van der Waals surface area contributed by atoms with Gasteiger partial charge in [0.2, 0.25) is 0 Å². The third kappa shape index (κ3) is 4.32. The number of hydrogen-bond donors (Lipinski definition) is 1. The van der Waals surface area contributed by atoms with Crippen molar-refractivity contribution < 1.29 is 32.7 Å². The number of thiol groups is 1. The zero-order valence-corrected chi connectivity index (χ0v) is 14.4. The van der Waals surface area contributed by atoms with Gasteiger partial charge in [-0.1, -0.05) is 40.5 Å². The molecule has 0 heterocycles. The SMILES string of the molecule is [CH2-]CCC(C)(S)C[C-]1C(C)CC1(C)C.[Y]. The van der Waals surface area contributed by atoms with Crippen LogP contribution in [0.1, 0.15) is 53.4 Å². The normalized spacial score (nSPS) is 28.8. The smallest absolute Gasteiger partial charge is 0 e. The summed E-state index contributed by atoms with van der Waals surface area (Å²) in [4.78, 5) is 0. The molecule has 1 aliphatic rings. The van der Waals surface area contributed by atoms with Crippen LogP contribution in [0.3, 0.4) is 0 Å². The maximum Gasteiger partial charge on any atom is 0 e. The van der Waals surface area contributed by atoms with Gasteiger partial charge in [0, 0.05) is 32.7 Å². The minimum atomic E-state index is 0. The fourth-order valence-corrected chi connectivity index (χ4v) is 3.18. The molecular formula is C13H24SY-2. The van der Waals surface area contributed by atoms with Gasteiger partial charge in [0.05, 0.1) is 0 Å². The zero-order chi connectivity index (χ0) is 11.0. The Hall–Kier alpha value is 1.45. The summed E-state index contributed by atoms with van der Waals surface area (Å²) in [5, 5.41) is 0. The van der Waals surface area contributed by atoms with Gasteiger partial charge in [0.1, 0.15) is 0 Å². The first-order chi connectivity index (χ1) is 6.28. The van der Waals surface area contributed by atoms with Gasteiger partial charge in [0.15, 0.2) is 0 Å². The van der Waals surface area contributed by atoms with E-state index in [1.807, 2.05) is 0 Å². The summed E-state index contributed by atoms with van der Waals surface area (Å²) in [6, 6.07) is 0. The van der Waals surface area contributed by atoms with Crippen LogP contribution in [-0.4, -0.2) is 4.75 Å². The largest absolute Gasteiger partial charge is 0.343 e. The molecular weight excluding hydrogens is 277 g/mol. The van der Waals surface area contributed by atoms with Gasteiger partial charge in [-0.15, -0.1) is 0 Å². The van der Waals surface area contributed by atoms with Crippen molar-refractivity contribution in [2.45, 2.75) is 58.1 Å². The zero-order valence-electron chi connectivity index (χ0n) is 10.6. The molecule has 0 nitrogen and oxygen atoms in total. The average Bonchev–Trinajstić information content (AvgIpc) is 2.00. The summed E-state index contributed by atoms with van der Waals surface area (Å²) in [6.45, 7) is 13.2. The summed E-state index contributed by atoms with van der Waals surface area (Å²) in [7, 11) is 0. The third-order valence-electron chi connectivity index (χ3n) is 3.57. The minimum absolute atomic E-state index is 0. The van der Waals surface area contributed by atoms with E-state index in [1.165, 1.54) is 12.8 Å². The molecule has 0 aromatic rings. The van der Waals surface area contributed by atoms with Crippen LogP contribution < -0.4 is 0 Å². The Morgan fingerprint density at radius 1 is 1.53 bits per heavy atom. The molecule has 87 valence electrons. The maximum absolute atomic E-state index is 4.75. The summed E-state index contributed by atoms with van der Waals surface area (Å²) in [6.07, 6.45) is 4.61. The van der Waals surface area contributed by atoms with Crippen molar-refractivity contribution in [2.24, 2.45) is 11.3 Å². The molecule has 2 unspecified atom stereocenters. The Morgan fingerprint density at radius 3 is 2.40 bits per heavy atom. The Bertz CT molecular complexity index is 199. The molecule has 0 N–H and O–H groups in total. The van der Waals surface area contributed by atoms with Crippen molar-refractivity contribution in [1.29, 1.82) is 0 Å². The molecule has 1 fully saturated rings. The van der Waals surface area contributed by atoms with Crippen molar-refractivity contribution in [1.82, 2.24) is 0 Å². The van der Waals surface area contributed by atoms with E-state index in [2.05, 4.69) is 34.6 Å². The van der Waals surface area contributed by atoms with Gasteiger partial charge in [-0.2, -0.15) is 36.8 Å². The van der Waals surface area contributed by atoms with Crippen LogP contribution in [0, 0.1) is 24.2 Å². The monoisotopic (exact) mass is 301 g/mol. The molecule has 1 saturated carbocycles. The topological polar surface area (TPSA) is 0 Å². The second-order valence-corrected chi connectivity index (χ2v) is 6.87. The molecule has 2 atom stereocenters. The van der Waals surface area contributed by atoms with E-state index < -0.39 is 0 Å². The molecule has 0 aromatic heterocycles. The molecule has 0 spiro atoms. The molecule has 0 bridgehead atoms. The predicted molar refractivity (Wildman–Crippen MR) is 67.4 cm³/mol. The van der Waals surface area contributed by atoms with E-state index >= 15 is 0 Å². The van der Waals surface area contributed by atoms with Crippen molar-refractivity contribution in [2.75, 3.05) is 0 Å². The molecule has 0 saturated heterocycles. The van der Waals surface area contributed by atoms with Gasteiger partial charge >= 0.3 is 0 Å². The quantitative estimate of drug-likeness (QED) is 0.580. The molecule has 1 rings (SSSR count). The van der Waals surface area contributed by atoms with Crippen molar-refractivity contribution in [3.63, 3.8) is 0 Å². The van der Waals surface area contributed by atoms with E-state index in [9.17, 15) is 0 Å². The number of rotatable bonds is 4. The van der Waals surface area contributed by atoms with E-state index in [1.54, 1.807) is 5.92 Å². The van der Waals surface area contributed by atoms with Crippen LogP contribution in [-0.2, 0) is 32.7 Å². The first-order valence-electron chi connectivity index (χ1n) is 5.66. The minimum Gasteiger partial charge on any atom is -0.343 e. The fraction of sp³-hybridized carbons (Fsp3) is 0.846. The average molecular weight is 301 g/mol. The first-order valence-corrected chi connectivity index (χ1v) is 6.11. The Morgan fingerprint density at radius 2 is 2.07 bits per heavy atom. The van der Waals surface area contributed by atoms with Crippen LogP contribution in [0.25, 0.3) is 0 Å². The predicted octanol–water partition coefficient (Wildman–Crippen LogP) is 4.32. The van der Waals surface area contributed by atoms with Crippen molar-refractivity contribution in [3.05, 3.63) is 12.8 Å². The summed E-state index contributed by atoms with van der Waals surface area (Å²) in [5.74, 6) is 2.52. The second-order valence-electron chi connectivity index (χ2n) is 5.79. The fourth-order valence-electron chi connectivity index (χ4n) is 2.85. The summed E-state index contributed by atoms with van der Waals surface area (Å²) < 4.78 is 0.156. The molecule has 0 aliphatic heterocycles. The van der Waals surface area contributed by atoms with Crippen LogP contribution in [0.4, 0.5) is 0 Å². The van der Waals surface area contributed by atoms with Crippen LogP contribution in [0.2, 0.25) is 0 Å². The van der Waals surface area contributed by atoms with Gasteiger partial charge in [-0.25, -0.2) is 0 Å². The van der Waals surface area contributed by atoms with Crippen molar-refractivity contribution in [3.8, 4) is 0 Å². The van der Waals surface area contributed by atoms with Crippen LogP contribution in [0.5, 0.6) is 0 Å². The number of hydrogen-bond acceptors (Lipinski definition) is 1. The van der Waals surface area contributed by atoms with E-state index in [0.717, 1.165) is 18.8 Å². The van der Waals surface area contributed by atoms with Gasteiger partial charge in [-0.3, -0.25) is 0 Å². The van der Waals surface area contributed by atoms with Crippen LogP contribution >= 0.6 is 12.6 Å². The molecule has 0 amide bonds. The van der Waals surface area contributed by atoms with E-state index in [-0.39, 0.29) is 37.5 Å². The Labute approximate surface area is 127 Å². The van der Waals surface area contributed by atoms with E-state index in [4.69, 9.17) is 12.6 Å². The third-order valence-corrected chi connectivity index (χ3v) is 3.95. The summed E-state index contributed by atoms with van der Waals surface area (Å²) >= 11 is 4.75. The van der Waals surface area contributed by atoms with Gasteiger partial charge in [0.25, 0.3) is 0 Å². The molecule has 15 heavy (non-hydrogen) atoms. The molecule has 1 aliphatic carbocycles. The molecule has 2 heteroatoms.